The fourth-order valence-electron chi connectivity index (χ4n) is 2.19. The van der Waals surface area contributed by atoms with E-state index < -0.39 is 34.6 Å². The third kappa shape index (κ3) is 3.29. The van der Waals surface area contributed by atoms with Gasteiger partial charge in [-0.15, -0.1) is 0 Å². The molecule has 0 radical (unpaired) electrons. The number of hydrogen-bond donors (Lipinski definition) is 2. The quantitative estimate of drug-likeness (QED) is 0.829. The van der Waals surface area contributed by atoms with Crippen LogP contribution in [0.5, 0.6) is 0 Å². The van der Waals surface area contributed by atoms with Crippen LogP contribution in [-0.4, -0.2) is 41.1 Å². The maximum atomic E-state index is 13.4. The highest BCUT2D eigenvalue weighted by atomic mass is 19.2. The Morgan fingerprint density at radius 1 is 1.40 bits per heavy atom. The number of β-amino-alcohol motifs (C(OH)–C–C–N with tert-alkyl or cyclic N) is 1. The van der Waals surface area contributed by atoms with Gasteiger partial charge in [0, 0.05) is 13.1 Å². The second-order valence-electron chi connectivity index (χ2n) is 5.23. The molecule has 1 atom stereocenters. The van der Waals surface area contributed by atoms with Gasteiger partial charge in [-0.05, 0) is 25.5 Å². The summed E-state index contributed by atoms with van der Waals surface area (Å²) in [6, 6.07) is 1.71. The highest BCUT2D eigenvalue weighted by Gasteiger charge is 2.32. The Hall–Kier alpha value is -1.60. The van der Waals surface area contributed by atoms with Crippen molar-refractivity contribution in [3.8, 4) is 0 Å². The van der Waals surface area contributed by atoms with E-state index in [2.05, 4.69) is 5.32 Å². The van der Waals surface area contributed by atoms with E-state index in [-0.39, 0.29) is 6.54 Å². The smallest absolute Gasteiger partial charge is 0.238 e. The maximum absolute atomic E-state index is 13.4. The summed E-state index contributed by atoms with van der Waals surface area (Å²) in [5.74, 6) is -4.90. The number of likely N-dealkylation sites (tertiary alicyclic amines) is 1. The summed E-state index contributed by atoms with van der Waals surface area (Å²) < 4.78 is 39.1. The molecule has 0 spiro atoms. The van der Waals surface area contributed by atoms with E-state index in [0.717, 1.165) is 12.1 Å². The zero-order chi connectivity index (χ0) is 14.9. The summed E-state index contributed by atoms with van der Waals surface area (Å²) in [6.45, 7) is 2.50. The molecule has 7 heteroatoms. The zero-order valence-electron chi connectivity index (χ0n) is 10.9. The number of nitrogens with zero attached hydrogens (tertiary/aromatic N) is 1. The van der Waals surface area contributed by atoms with Crippen molar-refractivity contribution in [3.63, 3.8) is 0 Å². The molecule has 2 rings (SSSR count). The molecule has 1 saturated heterocycles. The molecule has 110 valence electrons. The summed E-state index contributed by atoms with van der Waals surface area (Å²) in [6.07, 6.45) is 0.541. The first-order valence-corrected chi connectivity index (χ1v) is 6.16. The van der Waals surface area contributed by atoms with Crippen molar-refractivity contribution in [2.24, 2.45) is 0 Å². The van der Waals surface area contributed by atoms with Crippen LogP contribution in [-0.2, 0) is 4.79 Å². The molecule has 0 bridgehead atoms. The number of nitrogens with one attached hydrogen (secondary N) is 1. The van der Waals surface area contributed by atoms with Gasteiger partial charge < -0.3 is 10.4 Å². The normalized spacial score (nSPS) is 23.1. The van der Waals surface area contributed by atoms with Crippen molar-refractivity contribution in [1.82, 2.24) is 4.90 Å². The predicted molar refractivity (Wildman–Crippen MR) is 66.6 cm³/mol. The molecule has 1 unspecified atom stereocenters. The Balaban J connectivity index is 1.97. The molecule has 1 heterocycles. The second kappa shape index (κ2) is 5.41. The fraction of sp³-hybridized carbons (Fsp3) is 0.462. The van der Waals surface area contributed by atoms with Crippen molar-refractivity contribution < 1.29 is 23.1 Å². The summed E-state index contributed by atoms with van der Waals surface area (Å²) in [7, 11) is 0. The van der Waals surface area contributed by atoms with E-state index >= 15 is 0 Å². The molecule has 2 N–H and O–H groups in total. The van der Waals surface area contributed by atoms with Crippen molar-refractivity contribution in [2.45, 2.75) is 18.9 Å². The number of aliphatic hydroxyl groups is 1. The molecule has 1 amide bonds. The minimum absolute atomic E-state index is 0.0470. The molecule has 0 aromatic heterocycles. The van der Waals surface area contributed by atoms with Gasteiger partial charge in [0.25, 0.3) is 0 Å². The van der Waals surface area contributed by atoms with Gasteiger partial charge in [-0.1, -0.05) is 0 Å². The van der Waals surface area contributed by atoms with Gasteiger partial charge in [0.1, 0.15) is 0 Å². The lowest BCUT2D eigenvalue weighted by atomic mass is 10.1. The molecule has 4 nitrogen and oxygen atoms in total. The Morgan fingerprint density at radius 2 is 2.10 bits per heavy atom. The summed E-state index contributed by atoms with van der Waals surface area (Å²) in [5, 5.41) is 11.9. The van der Waals surface area contributed by atoms with Crippen LogP contribution in [0, 0.1) is 17.5 Å². The van der Waals surface area contributed by atoms with E-state index in [9.17, 15) is 23.1 Å². The molecular weight excluding hydrogens is 273 g/mol. The molecular formula is C13H15F3N2O2. The lowest BCUT2D eigenvalue weighted by molar-refractivity contribution is -0.117. The number of carbonyl (C=O) groups excluding carboxylic acids is 1. The van der Waals surface area contributed by atoms with Crippen LogP contribution in [0.2, 0.25) is 0 Å². The Labute approximate surface area is 114 Å². The van der Waals surface area contributed by atoms with Crippen molar-refractivity contribution in [3.05, 3.63) is 29.6 Å². The number of amides is 1. The first-order chi connectivity index (χ1) is 9.28. The van der Waals surface area contributed by atoms with Gasteiger partial charge in [-0.3, -0.25) is 9.69 Å². The SMILES string of the molecule is CC1(O)CCN(CC(=O)Nc2ccc(F)c(F)c2F)C1. The van der Waals surface area contributed by atoms with E-state index in [1.54, 1.807) is 11.8 Å². The van der Waals surface area contributed by atoms with Gasteiger partial charge in [-0.2, -0.15) is 0 Å². The topological polar surface area (TPSA) is 52.6 Å². The molecule has 1 aromatic rings. The summed E-state index contributed by atoms with van der Waals surface area (Å²) in [5.41, 5.74) is -1.24. The highest BCUT2D eigenvalue weighted by molar-refractivity contribution is 5.92. The van der Waals surface area contributed by atoms with Crippen molar-refractivity contribution in [2.75, 3.05) is 25.0 Å². The lowest BCUT2D eigenvalue weighted by Gasteiger charge is -2.18. The average Bonchev–Trinajstić information content (AvgIpc) is 2.69. The van der Waals surface area contributed by atoms with Gasteiger partial charge in [-0.25, -0.2) is 13.2 Å². The van der Waals surface area contributed by atoms with Crippen LogP contribution >= 0.6 is 0 Å². The Bertz CT molecular complexity index is 535. The summed E-state index contributed by atoms with van der Waals surface area (Å²) >= 11 is 0. The zero-order valence-corrected chi connectivity index (χ0v) is 10.9. The first-order valence-electron chi connectivity index (χ1n) is 6.16. The highest BCUT2D eigenvalue weighted by Crippen LogP contribution is 2.21. The van der Waals surface area contributed by atoms with Gasteiger partial charge in [0.05, 0.1) is 17.8 Å². The first kappa shape index (κ1) is 14.8. The minimum atomic E-state index is -1.62. The number of benzene rings is 1. The Kier molecular flexibility index (Phi) is 4.01. The van der Waals surface area contributed by atoms with Crippen LogP contribution in [0.3, 0.4) is 0 Å². The molecule has 0 aliphatic carbocycles. The lowest BCUT2D eigenvalue weighted by Crippen LogP contribution is -2.35. The minimum Gasteiger partial charge on any atom is -0.389 e. The molecule has 20 heavy (non-hydrogen) atoms. The summed E-state index contributed by atoms with van der Waals surface area (Å²) in [4.78, 5) is 13.4. The Morgan fingerprint density at radius 3 is 2.70 bits per heavy atom. The van der Waals surface area contributed by atoms with Crippen LogP contribution < -0.4 is 5.32 Å². The van der Waals surface area contributed by atoms with Gasteiger partial charge in [0.2, 0.25) is 5.91 Å². The van der Waals surface area contributed by atoms with E-state index in [4.69, 9.17) is 0 Å². The van der Waals surface area contributed by atoms with Crippen LogP contribution in [0.25, 0.3) is 0 Å². The number of anilines is 1. The second-order valence-corrected chi connectivity index (χ2v) is 5.23. The molecule has 1 aromatic carbocycles. The van der Waals surface area contributed by atoms with Crippen LogP contribution in [0.1, 0.15) is 13.3 Å². The van der Waals surface area contributed by atoms with Crippen molar-refractivity contribution >= 4 is 11.6 Å². The average molecular weight is 288 g/mol. The van der Waals surface area contributed by atoms with Gasteiger partial charge in [0.15, 0.2) is 17.5 Å². The van der Waals surface area contributed by atoms with E-state index in [1.807, 2.05) is 0 Å². The number of rotatable bonds is 3. The predicted octanol–water partition coefficient (Wildman–Crippen LogP) is 1.50. The van der Waals surface area contributed by atoms with Gasteiger partial charge >= 0.3 is 0 Å². The largest absolute Gasteiger partial charge is 0.389 e. The third-order valence-corrected chi connectivity index (χ3v) is 3.21. The van der Waals surface area contributed by atoms with Crippen LogP contribution in [0.15, 0.2) is 12.1 Å². The van der Waals surface area contributed by atoms with Crippen LogP contribution in [0.4, 0.5) is 18.9 Å². The van der Waals surface area contributed by atoms with Crippen molar-refractivity contribution in [1.29, 1.82) is 0 Å². The fourth-order valence-corrected chi connectivity index (χ4v) is 2.19. The number of halogens is 3. The van der Waals surface area contributed by atoms with E-state index in [1.165, 1.54) is 0 Å². The number of hydrogen-bond acceptors (Lipinski definition) is 3. The monoisotopic (exact) mass is 288 g/mol. The maximum Gasteiger partial charge on any atom is 0.238 e. The number of carbonyl (C=O) groups is 1. The molecule has 1 fully saturated rings. The molecule has 1 aliphatic rings. The molecule has 1 aliphatic heterocycles. The third-order valence-electron chi connectivity index (χ3n) is 3.21. The molecule has 0 saturated carbocycles. The standard InChI is InChI=1S/C13H15F3N2O2/c1-13(20)4-5-18(7-13)6-10(19)17-9-3-2-8(14)11(15)12(9)16/h2-3,20H,4-7H2,1H3,(H,17,19). The van der Waals surface area contributed by atoms with E-state index in [0.29, 0.717) is 19.5 Å².